The molecule has 1 rings (SSSR count). The van der Waals surface area contributed by atoms with Crippen molar-refractivity contribution in [2.24, 2.45) is 0 Å². The van der Waals surface area contributed by atoms with Crippen LogP contribution in [-0.4, -0.2) is 49.7 Å². The Balaban J connectivity index is 2.11. The second-order valence-electron chi connectivity index (χ2n) is 4.97. The molecule has 1 amide bonds. The average molecular weight is 256 g/mol. The predicted octanol–water partition coefficient (Wildman–Crippen LogP) is 1.79. The highest BCUT2D eigenvalue weighted by atomic mass is 16.5. The van der Waals surface area contributed by atoms with Crippen LogP contribution in [0, 0.1) is 0 Å². The first-order valence-electron chi connectivity index (χ1n) is 7.36. The SMILES string of the molecule is CCCNC1CCN(C(=O)CCOCCC)CC1. The van der Waals surface area contributed by atoms with Crippen LogP contribution in [-0.2, 0) is 9.53 Å². The minimum Gasteiger partial charge on any atom is -0.381 e. The number of likely N-dealkylation sites (tertiary alicyclic amines) is 1. The molecular weight excluding hydrogens is 228 g/mol. The van der Waals surface area contributed by atoms with Crippen molar-refractivity contribution in [2.75, 3.05) is 32.8 Å². The van der Waals surface area contributed by atoms with Gasteiger partial charge in [-0.25, -0.2) is 0 Å². The molecule has 0 atom stereocenters. The zero-order valence-corrected chi connectivity index (χ0v) is 11.9. The predicted molar refractivity (Wildman–Crippen MR) is 73.6 cm³/mol. The van der Waals surface area contributed by atoms with Gasteiger partial charge in [-0.2, -0.15) is 0 Å². The van der Waals surface area contributed by atoms with E-state index in [-0.39, 0.29) is 5.91 Å². The Morgan fingerprint density at radius 3 is 2.56 bits per heavy atom. The summed E-state index contributed by atoms with van der Waals surface area (Å²) in [4.78, 5) is 13.9. The van der Waals surface area contributed by atoms with Gasteiger partial charge in [0.15, 0.2) is 0 Å². The molecule has 1 N–H and O–H groups in total. The van der Waals surface area contributed by atoms with Crippen LogP contribution in [0.2, 0.25) is 0 Å². The smallest absolute Gasteiger partial charge is 0.224 e. The maximum absolute atomic E-state index is 11.9. The molecule has 4 heteroatoms. The summed E-state index contributed by atoms with van der Waals surface area (Å²) in [6, 6.07) is 0.602. The van der Waals surface area contributed by atoms with Gasteiger partial charge in [0.25, 0.3) is 0 Å². The van der Waals surface area contributed by atoms with Crippen molar-refractivity contribution >= 4 is 5.91 Å². The molecule has 106 valence electrons. The largest absolute Gasteiger partial charge is 0.381 e. The molecule has 1 aliphatic rings. The highest BCUT2D eigenvalue weighted by Gasteiger charge is 2.21. The highest BCUT2D eigenvalue weighted by molar-refractivity contribution is 5.76. The summed E-state index contributed by atoms with van der Waals surface area (Å²) in [6.45, 7) is 8.47. The van der Waals surface area contributed by atoms with Crippen molar-refractivity contribution in [1.29, 1.82) is 0 Å². The second-order valence-corrected chi connectivity index (χ2v) is 4.97. The zero-order valence-electron chi connectivity index (χ0n) is 11.9. The maximum Gasteiger partial charge on any atom is 0.224 e. The van der Waals surface area contributed by atoms with Crippen LogP contribution in [0.1, 0.15) is 46.0 Å². The Hall–Kier alpha value is -0.610. The second kappa shape index (κ2) is 9.34. The molecule has 0 unspecified atom stereocenters. The lowest BCUT2D eigenvalue weighted by Gasteiger charge is -2.32. The summed E-state index contributed by atoms with van der Waals surface area (Å²) in [5.41, 5.74) is 0. The summed E-state index contributed by atoms with van der Waals surface area (Å²) in [7, 11) is 0. The van der Waals surface area contributed by atoms with E-state index >= 15 is 0 Å². The topological polar surface area (TPSA) is 41.6 Å². The maximum atomic E-state index is 11.9. The van der Waals surface area contributed by atoms with E-state index < -0.39 is 0 Å². The van der Waals surface area contributed by atoms with E-state index in [9.17, 15) is 4.79 Å². The van der Waals surface area contributed by atoms with E-state index in [1.54, 1.807) is 0 Å². The molecule has 0 spiro atoms. The molecule has 0 radical (unpaired) electrons. The molecular formula is C14H28N2O2. The number of carbonyl (C=O) groups is 1. The summed E-state index contributed by atoms with van der Waals surface area (Å²) < 4.78 is 5.36. The Morgan fingerprint density at radius 2 is 1.94 bits per heavy atom. The van der Waals surface area contributed by atoms with Crippen molar-refractivity contribution in [2.45, 2.75) is 52.0 Å². The summed E-state index contributed by atoms with van der Waals surface area (Å²) in [5, 5.41) is 3.53. The van der Waals surface area contributed by atoms with Crippen molar-refractivity contribution in [3.8, 4) is 0 Å². The van der Waals surface area contributed by atoms with Gasteiger partial charge in [0.2, 0.25) is 5.91 Å². The van der Waals surface area contributed by atoms with Crippen LogP contribution in [0.5, 0.6) is 0 Å². The molecule has 0 aromatic heterocycles. The molecule has 0 aromatic carbocycles. The van der Waals surface area contributed by atoms with E-state index in [1.165, 1.54) is 6.42 Å². The average Bonchev–Trinajstić information content (AvgIpc) is 2.41. The normalized spacial score (nSPS) is 17.1. The van der Waals surface area contributed by atoms with E-state index in [4.69, 9.17) is 4.74 Å². The minimum atomic E-state index is 0.250. The standard InChI is InChI=1S/C14H28N2O2/c1-3-8-15-13-5-9-16(10-6-13)14(17)7-12-18-11-4-2/h13,15H,3-12H2,1-2H3. The van der Waals surface area contributed by atoms with Gasteiger partial charge >= 0.3 is 0 Å². The van der Waals surface area contributed by atoms with Gasteiger partial charge in [0.05, 0.1) is 13.0 Å². The number of ether oxygens (including phenoxy) is 1. The lowest BCUT2D eigenvalue weighted by atomic mass is 10.0. The molecule has 1 fully saturated rings. The lowest BCUT2D eigenvalue weighted by Crippen LogP contribution is -2.45. The molecule has 1 saturated heterocycles. The van der Waals surface area contributed by atoms with Gasteiger partial charge < -0.3 is 15.0 Å². The first-order valence-corrected chi connectivity index (χ1v) is 7.36. The van der Waals surface area contributed by atoms with Gasteiger partial charge in [-0.1, -0.05) is 13.8 Å². The molecule has 0 aliphatic carbocycles. The van der Waals surface area contributed by atoms with E-state index in [0.717, 1.165) is 45.5 Å². The summed E-state index contributed by atoms with van der Waals surface area (Å²) in [5.74, 6) is 0.250. The Bertz CT molecular complexity index is 226. The fourth-order valence-electron chi connectivity index (χ4n) is 2.25. The monoisotopic (exact) mass is 256 g/mol. The fourth-order valence-corrected chi connectivity index (χ4v) is 2.25. The van der Waals surface area contributed by atoms with Gasteiger partial charge in [0.1, 0.15) is 0 Å². The Labute approximate surface area is 111 Å². The van der Waals surface area contributed by atoms with E-state index in [2.05, 4.69) is 19.2 Å². The Morgan fingerprint density at radius 1 is 1.22 bits per heavy atom. The van der Waals surface area contributed by atoms with Gasteiger partial charge in [0, 0.05) is 25.7 Å². The van der Waals surface area contributed by atoms with E-state index in [0.29, 0.717) is 19.1 Å². The molecule has 0 saturated carbocycles. The van der Waals surface area contributed by atoms with Gasteiger partial charge in [-0.15, -0.1) is 0 Å². The highest BCUT2D eigenvalue weighted by Crippen LogP contribution is 2.11. The lowest BCUT2D eigenvalue weighted by molar-refractivity contribution is -0.133. The van der Waals surface area contributed by atoms with Crippen molar-refractivity contribution in [3.05, 3.63) is 0 Å². The first kappa shape index (κ1) is 15.4. The molecule has 0 bridgehead atoms. The number of rotatable bonds is 8. The fraction of sp³-hybridized carbons (Fsp3) is 0.929. The third-order valence-electron chi connectivity index (χ3n) is 3.34. The van der Waals surface area contributed by atoms with Crippen LogP contribution in [0.4, 0.5) is 0 Å². The quantitative estimate of drug-likeness (QED) is 0.673. The molecule has 18 heavy (non-hydrogen) atoms. The van der Waals surface area contributed by atoms with Crippen LogP contribution in [0.15, 0.2) is 0 Å². The number of hydrogen-bond donors (Lipinski definition) is 1. The number of piperidine rings is 1. The molecule has 0 aromatic rings. The zero-order chi connectivity index (χ0) is 13.2. The van der Waals surface area contributed by atoms with Crippen molar-refractivity contribution in [1.82, 2.24) is 10.2 Å². The van der Waals surface area contributed by atoms with Gasteiger partial charge in [-0.3, -0.25) is 4.79 Å². The van der Waals surface area contributed by atoms with Gasteiger partial charge in [-0.05, 0) is 32.2 Å². The number of hydrogen-bond acceptors (Lipinski definition) is 3. The Kier molecular flexibility index (Phi) is 8.01. The van der Waals surface area contributed by atoms with Crippen molar-refractivity contribution < 1.29 is 9.53 Å². The number of nitrogens with one attached hydrogen (secondary N) is 1. The third-order valence-corrected chi connectivity index (χ3v) is 3.34. The molecule has 1 aliphatic heterocycles. The molecule has 4 nitrogen and oxygen atoms in total. The van der Waals surface area contributed by atoms with Crippen LogP contribution in [0.3, 0.4) is 0 Å². The summed E-state index contributed by atoms with van der Waals surface area (Å²) >= 11 is 0. The third kappa shape index (κ3) is 5.83. The van der Waals surface area contributed by atoms with E-state index in [1.807, 2.05) is 4.90 Å². The number of nitrogens with zero attached hydrogens (tertiary/aromatic N) is 1. The van der Waals surface area contributed by atoms with Crippen LogP contribution >= 0.6 is 0 Å². The summed E-state index contributed by atoms with van der Waals surface area (Å²) in [6.07, 6.45) is 4.90. The van der Waals surface area contributed by atoms with Crippen LogP contribution in [0.25, 0.3) is 0 Å². The number of amides is 1. The van der Waals surface area contributed by atoms with Crippen molar-refractivity contribution in [3.63, 3.8) is 0 Å². The minimum absolute atomic E-state index is 0.250. The number of carbonyl (C=O) groups excluding carboxylic acids is 1. The first-order chi connectivity index (χ1) is 8.77. The molecule has 1 heterocycles. The van der Waals surface area contributed by atoms with Crippen LogP contribution < -0.4 is 5.32 Å².